The largest absolute Gasteiger partial charge is 0.465 e. The predicted molar refractivity (Wildman–Crippen MR) is 131 cm³/mol. The molecule has 0 N–H and O–H groups in total. The van der Waals surface area contributed by atoms with Gasteiger partial charge >= 0.3 is 5.97 Å². The van der Waals surface area contributed by atoms with Crippen LogP contribution < -0.4 is 4.90 Å². The Hall–Kier alpha value is -3.06. The number of methoxy groups -OCH3 is 1. The minimum absolute atomic E-state index is 0.206. The summed E-state index contributed by atoms with van der Waals surface area (Å²) in [6.07, 6.45) is 1.77. The molecule has 8 heteroatoms. The van der Waals surface area contributed by atoms with Crippen molar-refractivity contribution in [2.75, 3.05) is 12.0 Å². The third-order valence-electron chi connectivity index (χ3n) is 4.57. The average Bonchev–Trinajstić information content (AvgIpc) is 3.10. The van der Waals surface area contributed by atoms with Crippen molar-refractivity contribution in [1.82, 2.24) is 0 Å². The summed E-state index contributed by atoms with van der Waals surface area (Å²) in [5, 5.41) is 1.69. The van der Waals surface area contributed by atoms with Crippen LogP contribution in [0.1, 0.15) is 15.9 Å². The van der Waals surface area contributed by atoms with Crippen molar-refractivity contribution in [1.29, 1.82) is 0 Å². The van der Waals surface area contributed by atoms with Gasteiger partial charge in [-0.25, -0.2) is 9.79 Å². The minimum atomic E-state index is -0.415. The normalized spacial score (nSPS) is 16.1. The van der Waals surface area contributed by atoms with Gasteiger partial charge in [0.05, 0.1) is 29.0 Å². The molecule has 0 spiro atoms. The zero-order valence-electron chi connectivity index (χ0n) is 16.8. The van der Waals surface area contributed by atoms with Crippen LogP contribution in [0.25, 0.3) is 6.08 Å². The van der Waals surface area contributed by atoms with Gasteiger partial charge in [0.25, 0.3) is 5.91 Å². The van der Waals surface area contributed by atoms with E-state index in [9.17, 15) is 9.59 Å². The zero-order valence-corrected chi connectivity index (χ0v) is 19.1. The molecule has 1 fully saturated rings. The van der Waals surface area contributed by atoms with E-state index in [1.807, 2.05) is 0 Å². The first-order valence-electron chi connectivity index (χ1n) is 9.47. The van der Waals surface area contributed by atoms with E-state index in [1.165, 1.54) is 18.9 Å². The maximum Gasteiger partial charge on any atom is 0.337 e. The molecular formula is C24H16Cl2N2O3S. The van der Waals surface area contributed by atoms with E-state index in [0.717, 1.165) is 5.56 Å². The Morgan fingerprint density at radius 3 is 2.12 bits per heavy atom. The average molecular weight is 483 g/mol. The van der Waals surface area contributed by atoms with E-state index in [1.54, 1.807) is 83.8 Å². The van der Waals surface area contributed by atoms with Gasteiger partial charge in [0.1, 0.15) is 0 Å². The highest BCUT2D eigenvalue weighted by Gasteiger charge is 2.34. The van der Waals surface area contributed by atoms with Crippen LogP contribution >= 0.6 is 35.0 Å². The number of rotatable bonds is 4. The number of anilines is 1. The summed E-state index contributed by atoms with van der Waals surface area (Å²) in [5.41, 5.74) is 2.54. The number of ether oxygens (including phenoxy) is 1. The smallest absolute Gasteiger partial charge is 0.337 e. The molecule has 0 radical (unpaired) electrons. The SMILES string of the molecule is COC(=O)c1ccc(/C=C2\SC(=Nc3ccc(Cl)cc3)N(c3ccc(Cl)cc3)C2=O)cc1. The molecule has 1 heterocycles. The van der Waals surface area contributed by atoms with Gasteiger partial charge in [0.2, 0.25) is 0 Å². The summed E-state index contributed by atoms with van der Waals surface area (Å²) < 4.78 is 4.72. The highest BCUT2D eigenvalue weighted by atomic mass is 35.5. The van der Waals surface area contributed by atoms with Crippen molar-refractivity contribution in [3.05, 3.63) is 98.9 Å². The molecule has 3 aromatic carbocycles. The fourth-order valence-electron chi connectivity index (χ4n) is 2.98. The molecule has 0 bridgehead atoms. The number of halogens is 2. The molecule has 0 saturated carbocycles. The number of esters is 1. The van der Waals surface area contributed by atoms with Crippen molar-refractivity contribution < 1.29 is 14.3 Å². The van der Waals surface area contributed by atoms with Crippen LogP contribution in [0.2, 0.25) is 10.0 Å². The molecular weight excluding hydrogens is 467 g/mol. The fourth-order valence-corrected chi connectivity index (χ4v) is 4.23. The number of aliphatic imine (C=N–C) groups is 1. The topological polar surface area (TPSA) is 59.0 Å². The molecule has 3 aromatic rings. The number of nitrogens with zero attached hydrogens (tertiary/aromatic N) is 2. The van der Waals surface area contributed by atoms with Crippen LogP contribution in [0.4, 0.5) is 11.4 Å². The Bertz CT molecular complexity index is 1220. The van der Waals surface area contributed by atoms with Gasteiger partial charge in [0, 0.05) is 10.0 Å². The van der Waals surface area contributed by atoms with Gasteiger partial charge in [-0.2, -0.15) is 0 Å². The van der Waals surface area contributed by atoms with Gasteiger partial charge < -0.3 is 4.74 Å². The number of carbonyl (C=O) groups is 2. The van der Waals surface area contributed by atoms with Crippen LogP contribution in [0.5, 0.6) is 0 Å². The standard InChI is InChI=1S/C24H16Cl2N2O3S/c1-31-23(30)16-4-2-15(3-5-16)14-21-22(29)28(20-12-8-18(26)9-13-20)24(32-21)27-19-10-6-17(25)7-11-19/h2-14H,1H3/b21-14-,27-24?. The molecule has 32 heavy (non-hydrogen) atoms. The lowest BCUT2D eigenvalue weighted by molar-refractivity contribution is -0.113. The highest BCUT2D eigenvalue weighted by molar-refractivity contribution is 8.19. The highest BCUT2D eigenvalue weighted by Crippen LogP contribution is 2.37. The number of thioether (sulfide) groups is 1. The Morgan fingerprint density at radius 2 is 1.53 bits per heavy atom. The summed E-state index contributed by atoms with van der Waals surface area (Å²) in [6.45, 7) is 0. The lowest BCUT2D eigenvalue weighted by atomic mass is 10.1. The quantitative estimate of drug-likeness (QED) is 0.310. The molecule has 0 unspecified atom stereocenters. The molecule has 5 nitrogen and oxygen atoms in total. The number of amides is 1. The first kappa shape index (κ1) is 22.1. The molecule has 1 amide bonds. The molecule has 1 saturated heterocycles. The molecule has 0 aliphatic carbocycles. The monoisotopic (exact) mass is 482 g/mol. The van der Waals surface area contributed by atoms with Gasteiger partial charge in [-0.3, -0.25) is 9.69 Å². The second-order valence-corrected chi connectivity index (χ2v) is 8.59. The van der Waals surface area contributed by atoms with Crippen molar-refractivity contribution in [3.63, 3.8) is 0 Å². The number of amidine groups is 1. The van der Waals surface area contributed by atoms with E-state index >= 15 is 0 Å². The van der Waals surface area contributed by atoms with Gasteiger partial charge in [0.15, 0.2) is 5.17 Å². The molecule has 0 aromatic heterocycles. The van der Waals surface area contributed by atoms with Gasteiger partial charge in [-0.05, 0) is 84.1 Å². The van der Waals surface area contributed by atoms with Crippen LogP contribution in [0.3, 0.4) is 0 Å². The van der Waals surface area contributed by atoms with E-state index in [2.05, 4.69) is 4.99 Å². The van der Waals surface area contributed by atoms with Gasteiger partial charge in [-0.15, -0.1) is 0 Å². The van der Waals surface area contributed by atoms with Crippen LogP contribution in [0, 0.1) is 0 Å². The van der Waals surface area contributed by atoms with Crippen LogP contribution in [0.15, 0.2) is 82.7 Å². The van der Waals surface area contributed by atoms with E-state index in [4.69, 9.17) is 27.9 Å². The third kappa shape index (κ3) is 4.88. The Kier molecular flexibility index (Phi) is 6.65. The maximum absolute atomic E-state index is 13.3. The fraction of sp³-hybridized carbons (Fsp3) is 0.0417. The Balaban J connectivity index is 1.71. The van der Waals surface area contributed by atoms with Crippen LogP contribution in [-0.2, 0) is 9.53 Å². The number of benzene rings is 3. The van der Waals surface area contributed by atoms with E-state index in [-0.39, 0.29) is 5.91 Å². The Labute approximate surface area is 199 Å². The zero-order chi connectivity index (χ0) is 22.7. The second kappa shape index (κ2) is 9.61. The summed E-state index contributed by atoms with van der Waals surface area (Å²) in [6, 6.07) is 20.9. The second-order valence-electron chi connectivity index (χ2n) is 6.71. The lowest BCUT2D eigenvalue weighted by Gasteiger charge is -2.15. The van der Waals surface area contributed by atoms with Crippen molar-refractivity contribution >= 4 is 69.5 Å². The van der Waals surface area contributed by atoms with E-state index in [0.29, 0.717) is 37.1 Å². The molecule has 0 atom stereocenters. The number of hydrogen-bond acceptors (Lipinski definition) is 5. The third-order valence-corrected chi connectivity index (χ3v) is 6.04. The van der Waals surface area contributed by atoms with Crippen molar-refractivity contribution in [2.24, 2.45) is 4.99 Å². The summed E-state index contributed by atoms with van der Waals surface area (Å²) in [5.74, 6) is -0.621. The summed E-state index contributed by atoms with van der Waals surface area (Å²) in [7, 11) is 1.33. The summed E-state index contributed by atoms with van der Waals surface area (Å²) in [4.78, 5) is 31.7. The van der Waals surface area contributed by atoms with Crippen molar-refractivity contribution in [3.8, 4) is 0 Å². The van der Waals surface area contributed by atoms with Crippen LogP contribution in [-0.4, -0.2) is 24.2 Å². The molecule has 1 aliphatic rings. The minimum Gasteiger partial charge on any atom is -0.465 e. The predicted octanol–water partition coefficient (Wildman–Crippen LogP) is 6.59. The first-order valence-corrected chi connectivity index (χ1v) is 11.0. The molecule has 1 aliphatic heterocycles. The molecule has 160 valence electrons. The summed E-state index contributed by atoms with van der Waals surface area (Å²) >= 11 is 13.3. The number of hydrogen-bond donors (Lipinski definition) is 0. The Morgan fingerprint density at radius 1 is 0.938 bits per heavy atom. The lowest BCUT2D eigenvalue weighted by Crippen LogP contribution is -2.28. The van der Waals surface area contributed by atoms with E-state index < -0.39 is 5.97 Å². The number of carbonyl (C=O) groups excluding carboxylic acids is 2. The first-order chi connectivity index (χ1) is 15.4. The van der Waals surface area contributed by atoms with Gasteiger partial charge in [-0.1, -0.05) is 35.3 Å². The maximum atomic E-state index is 13.3. The molecule has 4 rings (SSSR count). The van der Waals surface area contributed by atoms with Crippen molar-refractivity contribution in [2.45, 2.75) is 0 Å².